The second kappa shape index (κ2) is 7.56. The zero-order chi connectivity index (χ0) is 18.7. The summed E-state index contributed by atoms with van der Waals surface area (Å²) in [6, 6.07) is 12.0. The largest absolute Gasteiger partial charge is 0.326 e. The third kappa shape index (κ3) is 3.85. The number of nitrogens with one attached hydrogen (secondary N) is 1. The van der Waals surface area contributed by atoms with E-state index in [0.29, 0.717) is 21.1 Å². The van der Waals surface area contributed by atoms with Crippen molar-refractivity contribution >= 4 is 50.7 Å². The molecule has 7 heteroatoms. The number of hydrogen-bond acceptors (Lipinski definition) is 3. The normalized spacial score (nSPS) is 11.3. The van der Waals surface area contributed by atoms with Crippen molar-refractivity contribution in [2.75, 3.05) is 5.32 Å². The quantitative estimate of drug-likeness (QED) is 0.701. The fraction of sp³-hybridized carbons (Fsp3) is 0.105. The number of benzene rings is 2. The molecular weight excluding hydrogens is 370 g/mol. The minimum Gasteiger partial charge on any atom is -0.326 e. The first-order chi connectivity index (χ1) is 12.5. The number of nitrogens with zero attached hydrogens (tertiary/aromatic N) is 2. The molecule has 0 aliphatic carbocycles. The van der Waals surface area contributed by atoms with Crippen LogP contribution in [0.5, 0.6) is 0 Å². The number of thiazole rings is 1. The molecule has 0 aliphatic rings. The van der Waals surface area contributed by atoms with Crippen molar-refractivity contribution in [1.29, 1.82) is 0 Å². The Morgan fingerprint density at radius 1 is 1.27 bits per heavy atom. The average molecular weight is 384 g/mol. The molecule has 0 saturated carbocycles. The lowest BCUT2D eigenvalue weighted by molar-refractivity contribution is -0.114. The zero-order valence-electron chi connectivity index (χ0n) is 13.8. The highest BCUT2D eigenvalue weighted by molar-refractivity contribution is 7.16. The Kier molecular flexibility index (Phi) is 5.21. The molecule has 1 N–H and O–H groups in total. The molecular formula is C19H14ClN3O2S. The van der Waals surface area contributed by atoms with Gasteiger partial charge in [-0.05, 0) is 42.5 Å². The summed E-state index contributed by atoms with van der Waals surface area (Å²) in [6.07, 6.45) is 5.47. The second-order valence-electron chi connectivity index (χ2n) is 5.46. The Hall–Kier alpha value is -2.88. The molecule has 26 heavy (non-hydrogen) atoms. The first-order valence-corrected chi connectivity index (χ1v) is 8.86. The molecule has 5 nitrogen and oxygen atoms in total. The summed E-state index contributed by atoms with van der Waals surface area (Å²) in [5.74, 6) is 2.05. The molecule has 0 aliphatic heterocycles. The van der Waals surface area contributed by atoms with E-state index >= 15 is 0 Å². The lowest BCUT2D eigenvalue weighted by Gasteiger charge is -2.03. The molecule has 0 saturated heterocycles. The van der Waals surface area contributed by atoms with Crippen LogP contribution in [0.25, 0.3) is 10.2 Å². The summed E-state index contributed by atoms with van der Waals surface area (Å²) in [4.78, 5) is 28.4. The SMILES string of the molecule is C#CCn1c(=NC(=O)c2ccc(Cl)cc2)sc2cc(NC(C)=O)ccc21. The molecule has 0 bridgehead atoms. The molecule has 130 valence electrons. The number of terminal acetylenes is 1. The monoisotopic (exact) mass is 383 g/mol. The predicted molar refractivity (Wildman–Crippen MR) is 104 cm³/mol. The molecule has 3 rings (SSSR count). The van der Waals surface area contributed by atoms with E-state index in [2.05, 4.69) is 16.2 Å². The molecule has 0 unspecified atom stereocenters. The van der Waals surface area contributed by atoms with Gasteiger partial charge in [0.15, 0.2) is 4.80 Å². The predicted octanol–water partition coefficient (Wildman–Crippen LogP) is 3.69. The van der Waals surface area contributed by atoms with Gasteiger partial charge in [0.05, 0.1) is 16.8 Å². The van der Waals surface area contributed by atoms with Crippen LogP contribution in [0.4, 0.5) is 5.69 Å². The fourth-order valence-electron chi connectivity index (χ4n) is 2.43. The molecule has 0 radical (unpaired) electrons. The topological polar surface area (TPSA) is 63.5 Å². The molecule has 0 spiro atoms. The summed E-state index contributed by atoms with van der Waals surface area (Å²) >= 11 is 7.18. The molecule has 3 aromatic rings. The number of carbonyl (C=O) groups excluding carboxylic acids is 2. The zero-order valence-corrected chi connectivity index (χ0v) is 15.4. The third-order valence-corrected chi connectivity index (χ3v) is 4.83. The van der Waals surface area contributed by atoms with Gasteiger partial charge in [-0.25, -0.2) is 0 Å². The van der Waals surface area contributed by atoms with Crippen molar-refractivity contribution in [3.05, 3.63) is 57.9 Å². The van der Waals surface area contributed by atoms with E-state index in [-0.39, 0.29) is 18.4 Å². The average Bonchev–Trinajstić information content (AvgIpc) is 2.92. The van der Waals surface area contributed by atoms with E-state index in [0.717, 1.165) is 10.2 Å². The lowest BCUT2D eigenvalue weighted by Crippen LogP contribution is -2.16. The fourth-order valence-corrected chi connectivity index (χ4v) is 3.62. The smallest absolute Gasteiger partial charge is 0.279 e. The van der Waals surface area contributed by atoms with Crippen LogP contribution >= 0.6 is 22.9 Å². The summed E-state index contributed by atoms with van der Waals surface area (Å²) in [5, 5.41) is 3.29. The minimum absolute atomic E-state index is 0.153. The summed E-state index contributed by atoms with van der Waals surface area (Å²) in [7, 11) is 0. The summed E-state index contributed by atoms with van der Waals surface area (Å²) in [6.45, 7) is 1.73. The first-order valence-electron chi connectivity index (χ1n) is 7.67. The number of aromatic nitrogens is 1. The number of rotatable bonds is 3. The lowest BCUT2D eigenvalue weighted by atomic mass is 10.2. The molecule has 0 atom stereocenters. The Morgan fingerprint density at radius 2 is 2.00 bits per heavy atom. The van der Waals surface area contributed by atoms with Crippen LogP contribution in [0, 0.1) is 12.3 Å². The van der Waals surface area contributed by atoms with E-state index in [4.69, 9.17) is 18.0 Å². The van der Waals surface area contributed by atoms with Gasteiger partial charge in [-0.1, -0.05) is 28.9 Å². The van der Waals surface area contributed by atoms with Gasteiger partial charge in [-0.2, -0.15) is 4.99 Å². The van der Waals surface area contributed by atoms with Crippen LogP contribution in [0.1, 0.15) is 17.3 Å². The maximum Gasteiger partial charge on any atom is 0.279 e. The van der Waals surface area contributed by atoms with E-state index in [1.165, 1.54) is 18.3 Å². The van der Waals surface area contributed by atoms with Crippen molar-refractivity contribution in [2.45, 2.75) is 13.5 Å². The number of amides is 2. The van der Waals surface area contributed by atoms with Crippen molar-refractivity contribution < 1.29 is 9.59 Å². The van der Waals surface area contributed by atoms with Gasteiger partial charge >= 0.3 is 0 Å². The molecule has 1 heterocycles. The van der Waals surface area contributed by atoms with Gasteiger partial charge < -0.3 is 9.88 Å². The first kappa shape index (κ1) is 17.9. The molecule has 1 aromatic heterocycles. The van der Waals surface area contributed by atoms with Gasteiger partial charge in [0.1, 0.15) is 0 Å². The van der Waals surface area contributed by atoms with Crippen LogP contribution in [0.15, 0.2) is 47.5 Å². The van der Waals surface area contributed by atoms with Crippen LogP contribution in [-0.2, 0) is 11.3 Å². The summed E-state index contributed by atoms with van der Waals surface area (Å²) in [5.41, 5.74) is 1.97. The standard InChI is InChI=1S/C19H14ClN3O2S/c1-3-10-23-16-9-8-15(21-12(2)24)11-17(16)26-19(23)22-18(25)13-4-6-14(20)7-5-13/h1,4-9,11H,10H2,2H3,(H,21,24). The van der Waals surface area contributed by atoms with Gasteiger partial charge in [0.2, 0.25) is 5.91 Å². The second-order valence-corrected chi connectivity index (χ2v) is 6.91. The van der Waals surface area contributed by atoms with E-state index in [9.17, 15) is 9.59 Å². The number of hydrogen-bond donors (Lipinski definition) is 1. The van der Waals surface area contributed by atoms with Gasteiger partial charge in [-0.15, -0.1) is 6.42 Å². The van der Waals surface area contributed by atoms with Gasteiger partial charge in [0, 0.05) is 23.2 Å². The van der Waals surface area contributed by atoms with Gasteiger partial charge in [0.25, 0.3) is 5.91 Å². The molecule has 0 fully saturated rings. The number of halogens is 1. The minimum atomic E-state index is -0.374. The van der Waals surface area contributed by atoms with Crippen molar-refractivity contribution in [2.24, 2.45) is 4.99 Å². The van der Waals surface area contributed by atoms with Crippen LogP contribution in [0.2, 0.25) is 5.02 Å². The molecule has 2 amide bonds. The van der Waals surface area contributed by atoms with Crippen molar-refractivity contribution in [3.63, 3.8) is 0 Å². The Morgan fingerprint density at radius 3 is 2.65 bits per heavy atom. The highest BCUT2D eigenvalue weighted by Crippen LogP contribution is 2.22. The Labute approximate surface area is 159 Å². The van der Waals surface area contributed by atoms with Crippen LogP contribution < -0.4 is 10.1 Å². The Balaban J connectivity index is 2.10. The van der Waals surface area contributed by atoms with Crippen LogP contribution in [0.3, 0.4) is 0 Å². The highest BCUT2D eigenvalue weighted by Gasteiger charge is 2.10. The number of anilines is 1. The maximum absolute atomic E-state index is 12.4. The number of fused-ring (bicyclic) bond motifs is 1. The number of carbonyl (C=O) groups is 2. The molecule has 2 aromatic carbocycles. The third-order valence-electron chi connectivity index (χ3n) is 3.54. The van der Waals surface area contributed by atoms with Crippen molar-refractivity contribution in [1.82, 2.24) is 4.57 Å². The maximum atomic E-state index is 12.4. The van der Waals surface area contributed by atoms with E-state index in [1.807, 2.05) is 12.1 Å². The van der Waals surface area contributed by atoms with Crippen LogP contribution in [-0.4, -0.2) is 16.4 Å². The van der Waals surface area contributed by atoms with Crippen molar-refractivity contribution in [3.8, 4) is 12.3 Å². The van der Waals surface area contributed by atoms with Gasteiger partial charge in [-0.3, -0.25) is 9.59 Å². The summed E-state index contributed by atoms with van der Waals surface area (Å²) < 4.78 is 2.67. The van der Waals surface area contributed by atoms with E-state index < -0.39 is 0 Å². The highest BCUT2D eigenvalue weighted by atomic mass is 35.5. The van der Waals surface area contributed by atoms with E-state index in [1.54, 1.807) is 34.9 Å². The Bertz CT molecular complexity index is 1100.